The standard InChI is InChI=1S/C15H20N2O2/c1-4-14(18)13-7-5-6-8-15(13)19-10-12-9-11(2)16-17(12)3/h5-9,14,18H,4,10H2,1-3H3/t14-/m1/s1. The zero-order chi connectivity index (χ0) is 13.8. The number of aryl methyl sites for hydroxylation is 2. The van der Waals surface area contributed by atoms with Crippen molar-refractivity contribution in [2.24, 2.45) is 7.05 Å². The van der Waals surface area contributed by atoms with Gasteiger partial charge in [-0.2, -0.15) is 5.10 Å². The quantitative estimate of drug-likeness (QED) is 0.899. The van der Waals surface area contributed by atoms with Gasteiger partial charge in [0.1, 0.15) is 12.4 Å². The van der Waals surface area contributed by atoms with Crippen molar-refractivity contribution >= 4 is 0 Å². The van der Waals surface area contributed by atoms with Crippen LogP contribution in [0.15, 0.2) is 30.3 Å². The summed E-state index contributed by atoms with van der Waals surface area (Å²) in [6.07, 6.45) is 0.190. The molecule has 4 heteroatoms. The number of aliphatic hydroxyl groups is 1. The minimum Gasteiger partial charge on any atom is -0.487 e. The van der Waals surface area contributed by atoms with E-state index in [1.165, 1.54) is 0 Å². The van der Waals surface area contributed by atoms with Crippen LogP contribution in [0.4, 0.5) is 0 Å². The van der Waals surface area contributed by atoms with Crippen molar-refractivity contribution in [2.75, 3.05) is 0 Å². The Labute approximate surface area is 113 Å². The molecular weight excluding hydrogens is 240 g/mol. The van der Waals surface area contributed by atoms with Crippen LogP contribution in [0.25, 0.3) is 0 Å². The molecular formula is C15H20N2O2. The van der Waals surface area contributed by atoms with E-state index in [1.807, 2.05) is 55.9 Å². The molecule has 0 unspecified atom stereocenters. The predicted molar refractivity (Wildman–Crippen MR) is 74.0 cm³/mol. The van der Waals surface area contributed by atoms with Crippen LogP contribution in [0.5, 0.6) is 5.75 Å². The molecule has 0 aliphatic rings. The lowest BCUT2D eigenvalue weighted by Gasteiger charge is -2.14. The Bertz CT molecular complexity index is 549. The summed E-state index contributed by atoms with van der Waals surface area (Å²) in [4.78, 5) is 0. The van der Waals surface area contributed by atoms with E-state index in [0.717, 1.165) is 22.7 Å². The Hall–Kier alpha value is -1.81. The summed E-state index contributed by atoms with van der Waals surface area (Å²) >= 11 is 0. The molecule has 1 heterocycles. The zero-order valence-corrected chi connectivity index (χ0v) is 11.6. The van der Waals surface area contributed by atoms with Crippen molar-refractivity contribution in [2.45, 2.75) is 33.0 Å². The van der Waals surface area contributed by atoms with Gasteiger partial charge in [0.15, 0.2) is 0 Å². The molecule has 2 aromatic rings. The third-order valence-corrected chi connectivity index (χ3v) is 3.14. The van der Waals surface area contributed by atoms with E-state index in [0.29, 0.717) is 13.0 Å². The van der Waals surface area contributed by atoms with Gasteiger partial charge < -0.3 is 9.84 Å². The number of ether oxygens (including phenoxy) is 1. The van der Waals surface area contributed by atoms with Gasteiger partial charge in [-0.3, -0.25) is 4.68 Å². The maximum atomic E-state index is 9.97. The van der Waals surface area contributed by atoms with Crippen LogP contribution < -0.4 is 4.74 Å². The molecule has 0 aliphatic heterocycles. The normalized spacial score (nSPS) is 12.4. The number of benzene rings is 1. The molecule has 102 valence electrons. The molecule has 0 saturated heterocycles. The minimum absolute atomic E-state index is 0.449. The number of nitrogens with zero attached hydrogens (tertiary/aromatic N) is 2. The molecule has 1 N–H and O–H groups in total. The molecule has 4 nitrogen and oxygen atoms in total. The topological polar surface area (TPSA) is 47.3 Å². The summed E-state index contributed by atoms with van der Waals surface area (Å²) in [6, 6.07) is 9.61. The van der Waals surface area contributed by atoms with Crippen LogP contribution in [0, 0.1) is 6.92 Å². The lowest BCUT2D eigenvalue weighted by Crippen LogP contribution is -2.05. The number of hydrogen-bond donors (Lipinski definition) is 1. The van der Waals surface area contributed by atoms with Gasteiger partial charge in [0.25, 0.3) is 0 Å². The average Bonchev–Trinajstić information content (AvgIpc) is 2.74. The summed E-state index contributed by atoms with van der Waals surface area (Å²) < 4.78 is 7.63. The highest BCUT2D eigenvalue weighted by Crippen LogP contribution is 2.27. The Morgan fingerprint density at radius 2 is 2.11 bits per heavy atom. The van der Waals surface area contributed by atoms with Crippen molar-refractivity contribution in [1.29, 1.82) is 0 Å². The predicted octanol–water partition coefficient (Wildman–Crippen LogP) is 2.75. The fraction of sp³-hybridized carbons (Fsp3) is 0.400. The van der Waals surface area contributed by atoms with E-state index in [9.17, 15) is 5.11 Å². The van der Waals surface area contributed by atoms with Gasteiger partial charge in [0.05, 0.1) is 17.5 Å². The number of aromatic nitrogens is 2. The van der Waals surface area contributed by atoms with E-state index in [4.69, 9.17) is 4.74 Å². The molecule has 1 aromatic heterocycles. The number of aliphatic hydroxyl groups excluding tert-OH is 1. The van der Waals surface area contributed by atoms with Gasteiger partial charge in [-0.25, -0.2) is 0 Å². The van der Waals surface area contributed by atoms with Gasteiger partial charge in [0, 0.05) is 12.6 Å². The summed E-state index contributed by atoms with van der Waals surface area (Å²) in [5.41, 5.74) is 2.82. The van der Waals surface area contributed by atoms with E-state index in [-0.39, 0.29) is 0 Å². The second kappa shape index (κ2) is 5.89. The van der Waals surface area contributed by atoms with E-state index < -0.39 is 6.10 Å². The van der Waals surface area contributed by atoms with Crippen molar-refractivity contribution in [3.8, 4) is 5.75 Å². The highest BCUT2D eigenvalue weighted by atomic mass is 16.5. The smallest absolute Gasteiger partial charge is 0.130 e. The molecule has 0 bridgehead atoms. The highest BCUT2D eigenvalue weighted by Gasteiger charge is 2.11. The maximum absolute atomic E-state index is 9.97. The molecule has 0 spiro atoms. The Balaban J connectivity index is 2.13. The number of hydrogen-bond acceptors (Lipinski definition) is 3. The average molecular weight is 260 g/mol. The number of para-hydroxylation sites is 1. The first-order valence-corrected chi connectivity index (χ1v) is 6.51. The monoisotopic (exact) mass is 260 g/mol. The maximum Gasteiger partial charge on any atom is 0.130 e. The molecule has 1 aromatic carbocycles. The highest BCUT2D eigenvalue weighted by molar-refractivity contribution is 5.35. The second-order valence-corrected chi connectivity index (χ2v) is 4.65. The third-order valence-electron chi connectivity index (χ3n) is 3.14. The fourth-order valence-corrected chi connectivity index (χ4v) is 2.06. The second-order valence-electron chi connectivity index (χ2n) is 4.65. The van der Waals surface area contributed by atoms with Crippen molar-refractivity contribution in [1.82, 2.24) is 9.78 Å². The first-order chi connectivity index (χ1) is 9.11. The minimum atomic E-state index is -0.482. The van der Waals surface area contributed by atoms with Gasteiger partial charge in [-0.05, 0) is 25.5 Å². The van der Waals surface area contributed by atoms with Crippen LogP contribution in [-0.4, -0.2) is 14.9 Å². The van der Waals surface area contributed by atoms with Crippen LogP contribution >= 0.6 is 0 Å². The first-order valence-electron chi connectivity index (χ1n) is 6.51. The molecule has 2 rings (SSSR count). The van der Waals surface area contributed by atoms with Crippen molar-refractivity contribution in [3.05, 3.63) is 47.3 Å². The fourth-order valence-electron chi connectivity index (χ4n) is 2.06. The van der Waals surface area contributed by atoms with Crippen LogP contribution in [0.3, 0.4) is 0 Å². The SMILES string of the molecule is CC[C@@H](O)c1ccccc1OCc1cc(C)nn1C. The van der Waals surface area contributed by atoms with Gasteiger partial charge in [-0.15, -0.1) is 0 Å². The van der Waals surface area contributed by atoms with E-state index in [1.54, 1.807) is 0 Å². The Morgan fingerprint density at radius 3 is 2.74 bits per heavy atom. The summed E-state index contributed by atoms with van der Waals surface area (Å²) in [6.45, 7) is 4.36. The van der Waals surface area contributed by atoms with E-state index >= 15 is 0 Å². The molecule has 0 radical (unpaired) electrons. The van der Waals surface area contributed by atoms with Gasteiger partial charge in [0.2, 0.25) is 0 Å². The largest absolute Gasteiger partial charge is 0.487 e. The third kappa shape index (κ3) is 3.15. The molecule has 0 fully saturated rings. The Kier molecular flexibility index (Phi) is 4.22. The summed E-state index contributed by atoms with van der Waals surface area (Å²) in [7, 11) is 1.90. The van der Waals surface area contributed by atoms with Crippen LogP contribution in [0.2, 0.25) is 0 Å². The summed E-state index contributed by atoms with van der Waals surface area (Å²) in [5.74, 6) is 0.732. The molecule has 1 atom stereocenters. The van der Waals surface area contributed by atoms with Gasteiger partial charge >= 0.3 is 0 Å². The summed E-state index contributed by atoms with van der Waals surface area (Å²) in [5, 5.41) is 14.3. The molecule has 0 saturated carbocycles. The van der Waals surface area contributed by atoms with Crippen molar-refractivity contribution < 1.29 is 9.84 Å². The van der Waals surface area contributed by atoms with Crippen LogP contribution in [-0.2, 0) is 13.7 Å². The lowest BCUT2D eigenvalue weighted by atomic mass is 10.1. The number of rotatable bonds is 5. The van der Waals surface area contributed by atoms with Crippen LogP contribution in [0.1, 0.15) is 36.4 Å². The lowest BCUT2D eigenvalue weighted by molar-refractivity contribution is 0.166. The molecule has 19 heavy (non-hydrogen) atoms. The van der Waals surface area contributed by atoms with Crippen molar-refractivity contribution in [3.63, 3.8) is 0 Å². The Morgan fingerprint density at radius 1 is 1.37 bits per heavy atom. The zero-order valence-electron chi connectivity index (χ0n) is 11.6. The van der Waals surface area contributed by atoms with Gasteiger partial charge in [-0.1, -0.05) is 25.1 Å². The molecule has 0 aliphatic carbocycles. The molecule has 0 amide bonds. The van der Waals surface area contributed by atoms with E-state index in [2.05, 4.69) is 5.10 Å². The first kappa shape index (κ1) is 13.6.